The largest absolute Gasteiger partial charge is 0.317 e. The minimum absolute atomic E-state index is 0.207. The monoisotopic (exact) mass is 373 g/mol. The molecular formula is C18H23N5O2S. The van der Waals surface area contributed by atoms with E-state index in [0.717, 1.165) is 42.9 Å². The summed E-state index contributed by atoms with van der Waals surface area (Å²) in [7, 11) is -3.69. The van der Waals surface area contributed by atoms with Crippen LogP contribution in [-0.2, 0) is 16.4 Å². The summed E-state index contributed by atoms with van der Waals surface area (Å²) in [6.45, 7) is 3.72. The van der Waals surface area contributed by atoms with E-state index in [4.69, 9.17) is 0 Å². The summed E-state index contributed by atoms with van der Waals surface area (Å²) >= 11 is 0. The summed E-state index contributed by atoms with van der Waals surface area (Å²) in [6.07, 6.45) is 5.53. The van der Waals surface area contributed by atoms with Gasteiger partial charge >= 0.3 is 0 Å². The Balaban J connectivity index is 1.81. The number of nitrogens with one attached hydrogen (secondary N) is 2. The van der Waals surface area contributed by atoms with Crippen molar-refractivity contribution in [3.8, 4) is 0 Å². The Hall–Kier alpha value is -2.32. The Labute approximate surface area is 154 Å². The van der Waals surface area contributed by atoms with E-state index in [-0.39, 0.29) is 10.8 Å². The molecule has 7 nitrogen and oxygen atoms in total. The lowest BCUT2D eigenvalue weighted by Gasteiger charge is -2.24. The summed E-state index contributed by atoms with van der Waals surface area (Å²) in [5.74, 6) is 0.229. The van der Waals surface area contributed by atoms with E-state index in [0.29, 0.717) is 6.42 Å². The number of aryl methyl sites for hydroxylation is 1. The van der Waals surface area contributed by atoms with E-state index in [1.807, 2.05) is 13.0 Å². The fourth-order valence-electron chi connectivity index (χ4n) is 2.93. The molecule has 1 aromatic carbocycles. The van der Waals surface area contributed by atoms with Crippen LogP contribution < -0.4 is 10.1 Å². The Kier molecular flexibility index (Phi) is 5.95. The van der Waals surface area contributed by atoms with Gasteiger partial charge in [-0.2, -0.15) is 13.5 Å². The summed E-state index contributed by atoms with van der Waals surface area (Å²) in [5.41, 5.74) is 2.64. The minimum atomic E-state index is -3.69. The highest BCUT2D eigenvalue weighted by molar-refractivity contribution is 7.89. The first-order valence-corrected chi connectivity index (χ1v) is 10.1. The summed E-state index contributed by atoms with van der Waals surface area (Å²) in [4.78, 5) is 10.8. The predicted molar refractivity (Wildman–Crippen MR) is 100 cm³/mol. The molecule has 1 aliphatic rings. The molecule has 138 valence electrons. The highest BCUT2D eigenvalue weighted by Gasteiger charge is 2.21. The fraction of sp³-hybridized carbons (Fsp3) is 0.389. The number of hydrogen-bond donors (Lipinski definition) is 2. The van der Waals surface area contributed by atoms with Gasteiger partial charge in [-0.15, -0.1) is 0 Å². The maximum atomic E-state index is 12.5. The van der Waals surface area contributed by atoms with Gasteiger partial charge in [-0.05, 0) is 51.1 Å². The van der Waals surface area contributed by atoms with E-state index in [1.54, 1.807) is 30.5 Å². The number of rotatable bonds is 6. The second-order valence-electron chi connectivity index (χ2n) is 6.41. The molecule has 0 aliphatic carbocycles. The highest BCUT2D eigenvalue weighted by Crippen LogP contribution is 2.17. The highest BCUT2D eigenvalue weighted by atomic mass is 32.2. The Morgan fingerprint density at radius 3 is 2.62 bits per heavy atom. The molecule has 1 aromatic heterocycles. The first-order chi connectivity index (χ1) is 12.5. The molecule has 0 unspecified atom stereocenters. The lowest BCUT2D eigenvalue weighted by Crippen LogP contribution is -2.34. The molecule has 0 saturated carbocycles. The molecule has 26 heavy (non-hydrogen) atoms. The van der Waals surface area contributed by atoms with Crippen LogP contribution in [0.25, 0.3) is 0 Å². The molecule has 0 radical (unpaired) electrons. The third-order valence-corrected chi connectivity index (χ3v) is 5.68. The molecule has 2 heterocycles. The van der Waals surface area contributed by atoms with Crippen molar-refractivity contribution in [1.29, 1.82) is 0 Å². The number of hydrogen-bond acceptors (Lipinski definition) is 6. The normalized spacial score (nSPS) is 16.4. The number of piperidine rings is 1. The van der Waals surface area contributed by atoms with E-state index in [1.165, 1.54) is 6.33 Å². The maximum Gasteiger partial charge on any atom is 0.276 e. The lowest BCUT2D eigenvalue weighted by atomic mass is 9.90. The number of benzene rings is 1. The number of nitrogens with zero attached hydrogens (tertiary/aromatic N) is 3. The van der Waals surface area contributed by atoms with Gasteiger partial charge in [0.1, 0.15) is 6.33 Å². The standard InChI is InChI=1S/C18H23N5O2S/c1-14-2-4-17(5-3-14)26(24,25)23-22-18(15-6-9-19-10-7-15)12-16-8-11-20-13-21-16/h2-5,8,11,13,15,19,23H,6-7,9-10,12H2,1H3. The van der Waals surface area contributed by atoms with Gasteiger partial charge in [0.15, 0.2) is 0 Å². The smallest absolute Gasteiger partial charge is 0.276 e. The summed E-state index contributed by atoms with van der Waals surface area (Å²) < 4.78 is 25.1. The van der Waals surface area contributed by atoms with Crippen LogP contribution in [0.5, 0.6) is 0 Å². The quantitative estimate of drug-likeness (QED) is 0.593. The maximum absolute atomic E-state index is 12.5. The first-order valence-electron chi connectivity index (χ1n) is 8.65. The van der Waals surface area contributed by atoms with Crippen molar-refractivity contribution in [2.45, 2.75) is 31.1 Å². The third kappa shape index (κ3) is 4.86. The van der Waals surface area contributed by atoms with Crippen LogP contribution in [0.2, 0.25) is 0 Å². The van der Waals surface area contributed by atoms with Crippen LogP contribution in [0, 0.1) is 12.8 Å². The average molecular weight is 373 g/mol. The minimum Gasteiger partial charge on any atom is -0.317 e. The van der Waals surface area contributed by atoms with Crippen LogP contribution in [0.15, 0.2) is 52.9 Å². The molecule has 1 aliphatic heterocycles. The second-order valence-corrected chi connectivity index (χ2v) is 8.07. The van der Waals surface area contributed by atoms with Crippen molar-refractivity contribution in [2.75, 3.05) is 13.1 Å². The molecule has 0 atom stereocenters. The van der Waals surface area contributed by atoms with Crippen molar-refractivity contribution in [3.05, 3.63) is 54.1 Å². The van der Waals surface area contributed by atoms with Gasteiger partial charge in [0.2, 0.25) is 0 Å². The molecule has 0 spiro atoms. The molecule has 1 fully saturated rings. The zero-order valence-electron chi connectivity index (χ0n) is 14.7. The van der Waals surface area contributed by atoms with Crippen LogP contribution in [0.4, 0.5) is 0 Å². The average Bonchev–Trinajstić information content (AvgIpc) is 2.67. The Morgan fingerprint density at radius 2 is 1.96 bits per heavy atom. The molecule has 0 amide bonds. The molecular weight excluding hydrogens is 350 g/mol. The van der Waals surface area contributed by atoms with E-state index < -0.39 is 10.0 Å². The van der Waals surface area contributed by atoms with Gasteiger partial charge in [-0.1, -0.05) is 17.7 Å². The summed E-state index contributed by atoms with van der Waals surface area (Å²) in [5, 5.41) is 7.62. The van der Waals surface area contributed by atoms with E-state index >= 15 is 0 Å². The molecule has 1 saturated heterocycles. The van der Waals surface area contributed by atoms with Crippen LogP contribution >= 0.6 is 0 Å². The SMILES string of the molecule is Cc1ccc(S(=O)(=O)NN=C(Cc2ccncn2)C2CCNCC2)cc1. The zero-order chi connectivity index (χ0) is 18.4. The van der Waals surface area contributed by atoms with Crippen molar-refractivity contribution >= 4 is 15.7 Å². The number of hydrazone groups is 1. The van der Waals surface area contributed by atoms with Crippen LogP contribution in [0.3, 0.4) is 0 Å². The molecule has 0 bridgehead atoms. The topological polar surface area (TPSA) is 96.3 Å². The van der Waals surface area contributed by atoms with Gasteiger partial charge in [0.25, 0.3) is 10.0 Å². The third-order valence-electron chi connectivity index (χ3n) is 4.46. The predicted octanol–water partition coefficient (Wildman–Crippen LogP) is 1.66. The molecule has 8 heteroatoms. The van der Waals surface area contributed by atoms with Crippen molar-refractivity contribution in [1.82, 2.24) is 20.1 Å². The van der Waals surface area contributed by atoms with E-state index in [9.17, 15) is 8.42 Å². The Morgan fingerprint density at radius 1 is 1.23 bits per heavy atom. The van der Waals surface area contributed by atoms with Crippen molar-refractivity contribution in [2.24, 2.45) is 11.0 Å². The molecule has 2 N–H and O–H groups in total. The second kappa shape index (κ2) is 8.37. The number of sulfonamides is 1. The van der Waals surface area contributed by atoms with Gasteiger partial charge in [0, 0.05) is 29.9 Å². The number of aromatic nitrogens is 2. The van der Waals surface area contributed by atoms with Gasteiger partial charge in [0.05, 0.1) is 4.90 Å². The van der Waals surface area contributed by atoms with Gasteiger partial charge < -0.3 is 5.32 Å². The van der Waals surface area contributed by atoms with Crippen molar-refractivity contribution < 1.29 is 8.42 Å². The Bertz CT molecular complexity index is 845. The molecule has 3 rings (SSSR count). The van der Waals surface area contributed by atoms with Crippen LogP contribution in [0.1, 0.15) is 24.1 Å². The summed E-state index contributed by atoms with van der Waals surface area (Å²) in [6, 6.07) is 8.54. The fourth-order valence-corrected chi connectivity index (χ4v) is 3.76. The molecule has 2 aromatic rings. The first kappa shape index (κ1) is 18.5. The van der Waals surface area contributed by atoms with Crippen molar-refractivity contribution in [3.63, 3.8) is 0 Å². The van der Waals surface area contributed by atoms with E-state index in [2.05, 4.69) is 25.2 Å². The van der Waals surface area contributed by atoms with Gasteiger partial charge in [-0.25, -0.2) is 14.8 Å². The van der Waals surface area contributed by atoms with Gasteiger partial charge in [-0.3, -0.25) is 0 Å². The van der Waals surface area contributed by atoms with Crippen LogP contribution in [-0.4, -0.2) is 37.2 Å². The lowest BCUT2D eigenvalue weighted by molar-refractivity contribution is 0.452. The zero-order valence-corrected chi connectivity index (χ0v) is 15.5.